The molecule has 1 fully saturated rings. The van der Waals surface area contributed by atoms with Crippen molar-refractivity contribution in [2.45, 2.75) is 19.9 Å². The number of halogens is 1. The minimum absolute atomic E-state index is 0.140. The molecule has 2 aromatic heterocycles. The van der Waals surface area contributed by atoms with Gasteiger partial charge in [-0.2, -0.15) is 5.10 Å². The first kappa shape index (κ1) is 19.3. The van der Waals surface area contributed by atoms with Gasteiger partial charge >= 0.3 is 0 Å². The van der Waals surface area contributed by atoms with Crippen molar-refractivity contribution in [1.82, 2.24) is 24.6 Å². The number of nitrogens with zero attached hydrogens (tertiary/aromatic N) is 6. The monoisotopic (exact) mass is 397 g/mol. The molecule has 0 saturated carbocycles. The van der Waals surface area contributed by atoms with Gasteiger partial charge in [0.1, 0.15) is 18.0 Å². The zero-order valence-electron chi connectivity index (χ0n) is 16.8. The Morgan fingerprint density at radius 2 is 1.97 bits per heavy atom. The molecule has 1 saturated heterocycles. The lowest BCUT2D eigenvalue weighted by atomic mass is 10.2. The molecule has 1 atom stereocenters. The predicted molar refractivity (Wildman–Crippen MR) is 109 cm³/mol. The SMILES string of the molecule is Cc1ccc(NC(=O)C(C)N2CCN(c3ncnc4c3cnn4C)CC2)cc1F. The average Bonchev–Trinajstić information content (AvgIpc) is 3.11. The van der Waals surface area contributed by atoms with Crippen LogP contribution in [-0.2, 0) is 11.8 Å². The van der Waals surface area contributed by atoms with E-state index in [0.717, 1.165) is 43.0 Å². The number of rotatable bonds is 4. The highest BCUT2D eigenvalue weighted by molar-refractivity contribution is 5.94. The fourth-order valence-electron chi connectivity index (χ4n) is 3.61. The highest BCUT2D eigenvalue weighted by atomic mass is 19.1. The molecule has 0 radical (unpaired) electrons. The van der Waals surface area contributed by atoms with Crippen molar-refractivity contribution < 1.29 is 9.18 Å². The number of hydrogen-bond acceptors (Lipinski definition) is 6. The van der Waals surface area contributed by atoms with Crippen LogP contribution in [0.4, 0.5) is 15.9 Å². The smallest absolute Gasteiger partial charge is 0.241 e. The summed E-state index contributed by atoms with van der Waals surface area (Å²) in [5.74, 6) is 0.406. The highest BCUT2D eigenvalue weighted by Crippen LogP contribution is 2.23. The van der Waals surface area contributed by atoms with Crippen LogP contribution in [0.25, 0.3) is 11.0 Å². The number of aromatic nitrogens is 4. The van der Waals surface area contributed by atoms with Crippen LogP contribution in [0.1, 0.15) is 12.5 Å². The molecule has 1 aliphatic rings. The normalized spacial score (nSPS) is 16.2. The van der Waals surface area contributed by atoms with Gasteiger partial charge < -0.3 is 10.2 Å². The summed E-state index contributed by atoms with van der Waals surface area (Å²) in [5, 5.41) is 8.00. The van der Waals surface area contributed by atoms with Gasteiger partial charge in [-0.1, -0.05) is 6.07 Å². The third-order valence-corrected chi connectivity index (χ3v) is 5.49. The van der Waals surface area contributed by atoms with Crippen molar-refractivity contribution in [2.75, 3.05) is 36.4 Å². The van der Waals surface area contributed by atoms with Gasteiger partial charge in [0.15, 0.2) is 5.65 Å². The van der Waals surface area contributed by atoms with Gasteiger partial charge in [0.25, 0.3) is 0 Å². The second-order valence-electron chi connectivity index (χ2n) is 7.35. The molecule has 3 heterocycles. The molecular weight excluding hydrogens is 373 g/mol. The molecule has 1 N–H and O–H groups in total. The maximum absolute atomic E-state index is 13.7. The Morgan fingerprint density at radius 3 is 2.69 bits per heavy atom. The van der Waals surface area contributed by atoms with Crippen molar-refractivity contribution in [3.63, 3.8) is 0 Å². The predicted octanol–water partition coefficient (Wildman–Crippen LogP) is 1.96. The van der Waals surface area contributed by atoms with E-state index in [9.17, 15) is 9.18 Å². The number of nitrogens with one attached hydrogen (secondary N) is 1. The van der Waals surface area contributed by atoms with Crippen molar-refractivity contribution in [3.05, 3.63) is 42.1 Å². The maximum atomic E-state index is 13.7. The Hall–Kier alpha value is -3.07. The van der Waals surface area contributed by atoms with Crippen molar-refractivity contribution in [1.29, 1.82) is 0 Å². The van der Waals surface area contributed by atoms with Gasteiger partial charge in [-0.3, -0.25) is 14.4 Å². The summed E-state index contributed by atoms with van der Waals surface area (Å²) in [6.07, 6.45) is 3.34. The van der Waals surface area contributed by atoms with Crippen LogP contribution in [-0.4, -0.2) is 62.8 Å². The lowest BCUT2D eigenvalue weighted by molar-refractivity contribution is -0.120. The summed E-state index contributed by atoms with van der Waals surface area (Å²) >= 11 is 0. The quantitative estimate of drug-likeness (QED) is 0.725. The molecule has 4 rings (SSSR count). The second kappa shape index (κ2) is 7.75. The lowest BCUT2D eigenvalue weighted by Crippen LogP contribution is -2.53. The first-order chi connectivity index (χ1) is 13.9. The summed E-state index contributed by atoms with van der Waals surface area (Å²) in [4.78, 5) is 25.7. The van der Waals surface area contributed by atoms with E-state index in [4.69, 9.17) is 0 Å². The van der Waals surface area contributed by atoms with Gasteiger partial charge in [0, 0.05) is 38.9 Å². The van der Waals surface area contributed by atoms with E-state index >= 15 is 0 Å². The van der Waals surface area contributed by atoms with Crippen LogP contribution in [0.5, 0.6) is 0 Å². The molecule has 0 spiro atoms. The Balaban J connectivity index is 1.39. The minimum atomic E-state index is -0.323. The number of benzene rings is 1. The first-order valence-electron chi connectivity index (χ1n) is 9.63. The Morgan fingerprint density at radius 1 is 1.21 bits per heavy atom. The maximum Gasteiger partial charge on any atom is 0.241 e. The number of fused-ring (bicyclic) bond motifs is 1. The van der Waals surface area contributed by atoms with Crippen LogP contribution in [0, 0.1) is 12.7 Å². The lowest BCUT2D eigenvalue weighted by Gasteiger charge is -2.38. The van der Waals surface area contributed by atoms with Gasteiger partial charge in [-0.15, -0.1) is 0 Å². The number of carbonyl (C=O) groups is 1. The van der Waals surface area contributed by atoms with E-state index in [0.29, 0.717) is 11.3 Å². The molecule has 8 nitrogen and oxygen atoms in total. The number of hydrogen-bond donors (Lipinski definition) is 1. The van der Waals surface area contributed by atoms with E-state index in [1.54, 1.807) is 36.3 Å². The molecule has 0 aliphatic carbocycles. The second-order valence-corrected chi connectivity index (χ2v) is 7.35. The van der Waals surface area contributed by atoms with Crippen LogP contribution in [0.15, 0.2) is 30.7 Å². The molecular formula is C20H24FN7O. The molecule has 3 aromatic rings. The fourth-order valence-corrected chi connectivity index (χ4v) is 3.61. The van der Waals surface area contributed by atoms with Crippen LogP contribution < -0.4 is 10.2 Å². The van der Waals surface area contributed by atoms with Crippen LogP contribution in [0.2, 0.25) is 0 Å². The summed E-state index contributed by atoms with van der Waals surface area (Å²) in [7, 11) is 1.86. The van der Waals surface area contributed by atoms with Crippen molar-refractivity contribution >= 4 is 28.4 Å². The van der Waals surface area contributed by atoms with E-state index < -0.39 is 0 Å². The topological polar surface area (TPSA) is 79.2 Å². The number of carbonyl (C=O) groups excluding carboxylic acids is 1. The zero-order chi connectivity index (χ0) is 20.5. The molecule has 1 aliphatic heterocycles. The molecule has 1 amide bonds. The molecule has 152 valence electrons. The summed E-state index contributed by atoms with van der Waals surface area (Å²) in [6, 6.07) is 4.42. The van der Waals surface area contributed by atoms with Crippen LogP contribution >= 0.6 is 0 Å². The number of anilines is 2. The third-order valence-electron chi connectivity index (χ3n) is 5.49. The molecule has 0 bridgehead atoms. The van der Waals surface area contributed by atoms with E-state index in [1.165, 1.54) is 6.07 Å². The molecule has 1 unspecified atom stereocenters. The number of aryl methyl sites for hydroxylation is 2. The fraction of sp³-hybridized carbons (Fsp3) is 0.400. The summed E-state index contributed by atoms with van der Waals surface area (Å²) < 4.78 is 15.5. The van der Waals surface area contributed by atoms with Crippen molar-refractivity contribution in [3.8, 4) is 0 Å². The van der Waals surface area contributed by atoms with Gasteiger partial charge in [0.2, 0.25) is 5.91 Å². The standard InChI is InChI=1S/C20H24FN7O/c1-13-4-5-15(10-17(13)21)25-20(29)14(2)27-6-8-28(9-7-27)19-16-11-24-26(3)18(16)22-12-23-19/h4-5,10-12,14H,6-9H2,1-3H3,(H,25,29). The van der Waals surface area contributed by atoms with Crippen LogP contribution in [0.3, 0.4) is 0 Å². The van der Waals surface area contributed by atoms with E-state index in [1.807, 2.05) is 14.0 Å². The Labute approximate surface area is 168 Å². The van der Waals surface area contributed by atoms with Gasteiger partial charge in [-0.05, 0) is 31.5 Å². The van der Waals surface area contributed by atoms with E-state index in [-0.39, 0.29) is 17.8 Å². The number of piperazine rings is 1. The van der Waals surface area contributed by atoms with Gasteiger partial charge in [0.05, 0.1) is 17.6 Å². The molecule has 9 heteroatoms. The Bertz CT molecular complexity index is 1040. The number of amides is 1. The highest BCUT2D eigenvalue weighted by Gasteiger charge is 2.27. The average molecular weight is 397 g/mol. The minimum Gasteiger partial charge on any atom is -0.353 e. The van der Waals surface area contributed by atoms with Gasteiger partial charge in [-0.25, -0.2) is 14.4 Å². The first-order valence-corrected chi connectivity index (χ1v) is 9.63. The zero-order valence-corrected chi connectivity index (χ0v) is 16.8. The summed E-state index contributed by atoms with van der Waals surface area (Å²) in [6.45, 7) is 6.51. The van der Waals surface area contributed by atoms with Crippen molar-refractivity contribution in [2.24, 2.45) is 7.05 Å². The molecule has 1 aromatic carbocycles. The largest absolute Gasteiger partial charge is 0.353 e. The molecule has 29 heavy (non-hydrogen) atoms. The van der Waals surface area contributed by atoms with E-state index in [2.05, 4.69) is 30.2 Å². The third kappa shape index (κ3) is 3.77. The summed E-state index contributed by atoms with van der Waals surface area (Å²) in [5.41, 5.74) is 1.83. The Kier molecular flexibility index (Phi) is 5.14.